The molecule has 108 valence electrons. The minimum Gasteiger partial charge on any atom is -0.444 e. The molecule has 1 aliphatic rings. The number of hydrogen-bond donors (Lipinski definition) is 2. The number of rotatable bonds is 3. The van der Waals surface area contributed by atoms with Gasteiger partial charge in [0.15, 0.2) is 0 Å². The fraction of sp³-hybridized carbons (Fsp3) is 0.750. The van der Waals surface area contributed by atoms with Gasteiger partial charge in [-0.3, -0.25) is 14.5 Å². The first kappa shape index (κ1) is 15.3. The first-order chi connectivity index (χ1) is 8.70. The highest BCUT2D eigenvalue weighted by molar-refractivity contribution is 5.89. The van der Waals surface area contributed by atoms with Crippen molar-refractivity contribution in [3.05, 3.63) is 0 Å². The van der Waals surface area contributed by atoms with Crippen molar-refractivity contribution < 1.29 is 19.1 Å². The van der Waals surface area contributed by atoms with Gasteiger partial charge in [0, 0.05) is 6.54 Å². The van der Waals surface area contributed by atoms with E-state index in [9.17, 15) is 14.4 Å². The Labute approximate surface area is 112 Å². The highest BCUT2D eigenvalue weighted by Crippen LogP contribution is 2.20. The minimum absolute atomic E-state index is 0.225. The summed E-state index contributed by atoms with van der Waals surface area (Å²) in [6, 6.07) is -0.589. The Morgan fingerprint density at radius 2 is 2.00 bits per heavy atom. The van der Waals surface area contributed by atoms with E-state index in [4.69, 9.17) is 10.5 Å². The quantitative estimate of drug-likeness (QED) is 0.753. The summed E-state index contributed by atoms with van der Waals surface area (Å²) in [5, 5.41) is 2.41. The average Bonchev–Trinajstić information content (AvgIpc) is 2.72. The maximum Gasteiger partial charge on any atom is 0.410 e. The number of hydrogen-bond acceptors (Lipinski definition) is 4. The van der Waals surface area contributed by atoms with Gasteiger partial charge in [0.1, 0.15) is 11.6 Å². The molecule has 0 aliphatic carbocycles. The van der Waals surface area contributed by atoms with Crippen LogP contribution in [0.1, 0.15) is 33.6 Å². The van der Waals surface area contributed by atoms with E-state index in [1.807, 2.05) is 0 Å². The molecule has 1 rings (SSSR count). The summed E-state index contributed by atoms with van der Waals surface area (Å²) in [5.74, 6) is -0.989. The van der Waals surface area contributed by atoms with E-state index in [2.05, 4.69) is 5.32 Å². The second-order valence-corrected chi connectivity index (χ2v) is 5.52. The fourth-order valence-electron chi connectivity index (χ4n) is 1.87. The van der Waals surface area contributed by atoms with Crippen LogP contribution in [0, 0.1) is 0 Å². The highest BCUT2D eigenvalue weighted by atomic mass is 16.6. The van der Waals surface area contributed by atoms with Crippen molar-refractivity contribution in [1.29, 1.82) is 0 Å². The van der Waals surface area contributed by atoms with Crippen LogP contribution in [0.5, 0.6) is 0 Å². The number of carbonyl (C=O) groups is 3. The highest BCUT2D eigenvalue weighted by Gasteiger charge is 2.36. The lowest BCUT2D eigenvalue weighted by atomic mass is 10.2. The predicted octanol–water partition coefficient (Wildman–Crippen LogP) is -0.0126. The molecule has 1 fully saturated rings. The number of ether oxygens (including phenoxy) is 1. The largest absolute Gasteiger partial charge is 0.444 e. The van der Waals surface area contributed by atoms with Crippen molar-refractivity contribution in [2.24, 2.45) is 5.73 Å². The number of nitrogens with zero attached hydrogens (tertiary/aromatic N) is 1. The van der Waals surface area contributed by atoms with Crippen LogP contribution in [-0.4, -0.2) is 47.5 Å². The molecular formula is C12H21N3O4. The molecule has 3 N–H and O–H groups in total. The molecule has 7 heteroatoms. The Hall–Kier alpha value is -1.79. The summed E-state index contributed by atoms with van der Waals surface area (Å²) >= 11 is 0. The molecule has 19 heavy (non-hydrogen) atoms. The number of likely N-dealkylation sites (tertiary alicyclic amines) is 1. The van der Waals surface area contributed by atoms with Crippen LogP contribution in [0.15, 0.2) is 0 Å². The van der Waals surface area contributed by atoms with Crippen LogP contribution >= 0.6 is 0 Å². The van der Waals surface area contributed by atoms with Crippen molar-refractivity contribution in [1.82, 2.24) is 10.2 Å². The summed E-state index contributed by atoms with van der Waals surface area (Å²) in [6.45, 7) is 5.55. The maximum absolute atomic E-state index is 11.9. The first-order valence-corrected chi connectivity index (χ1v) is 6.26. The number of nitrogens with two attached hydrogens (primary N) is 1. The molecule has 0 spiro atoms. The van der Waals surface area contributed by atoms with Crippen molar-refractivity contribution in [3.63, 3.8) is 0 Å². The van der Waals surface area contributed by atoms with E-state index >= 15 is 0 Å². The molecule has 0 bridgehead atoms. The lowest BCUT2D eigenvalue weighted by Crippen LogP contribution is -2.48. The third-order valence-corrected chi connectivity index (χ3v) is 2.62. The third kappa shape index (κ3) is 4.76. The summed E-state index contributed by atoms with van der Waals surface area (Å²) in [5.41, 5.74) is 4.35. The predicted molar refractivity (Wildman–Crippen MR) is 68.2 cm³/mol. The Morgan fingerprint density at radius 1 is 1.37 bits per heavy atom. The van der Waals surface area contributed by atoms with E-state index < -0.39 is 23.6 Å². The lowest BCUT2D eigenvalue weighted by Gasteiger charge is -2.27. The Bertz CT molecular complexity index is 376. The van der Waals surface area contributed by atoms with Crippen LogP contribution in [0.4, 0.5) is 4.79 Å². The Balaban J connectivity index is 2.60. The topological polar surface area (TPSA) is 102 Å². The second-order valence-electron chi connectivity index (χ2n) is 5.52. The number of amides is 3. The molecule has 7 nitrogen and oxygen atoms in total. The van der Waals surface area contributed by atoms with Gasteiger partial charge in [-0.05, 0) is 33.6 Å². The SMILES string of the molecule is CC(C)(C)OC(=O)N1CCCC1C(=O)NCC(N)=O. The number of primary amides is 1. The number of nitrogens with one attached hydrogen (secondary N) is 1. The summed E-state index contributed by atoms with van der Waals surface area (Å²) in [7, 11) is 0. The van der Waals surface area contributed by atoms with Crippen LogP contribution < -0.4 is 11.1 Å². The normalized spacial score (nSPS) is 19.1. The van der Waals surface area contributed by atoms with Gasteiger partial charge in [-0.1, -0.05) is 0 Å². The molecule has 0 saturated carbocycles. The van der Waals surface area contributed by atoms with Gasteiger partial charge in [0.2, 0.25) is 11.8 Å². The van der Waals surface area contributed by atoms with Gasteiger partial charge < -0.3 is 15.8 Å². The van der Waals surface area contributed by atoms with E-state index in [1.165, 1.54) is 4.90 Å². The number of carbonyl (C=O) groups excluding carboxylic acids is 3. The van der Waals surface area contributed by atoms with Crippen molar-refractivity contribution in [3.8, 4) is 0 Å². The molecule has 1 aliphatic heterocycles. The van der Waals surface area contributed by atoms with E-state index in [0.717, 1.165) is 6.42 Å². The monoisotopic (exact) mass is 271 g/mol. The van der Waals surface area contributed by atoms with Gasteiger partial charge in [0.25, 0.3) is 0 Å². The smallest absolute Gasteiger partial charge is 0.410 e. The Morgan fingerprint density at radius 3 is 2.53 bits per heavy atom. The van der Waals surface area contributed by atoms with Crippen molar-refractivity contribution in [2.75, 3.05) is 13.1 Å². The minimum atomic E-state index is -0.616. The van der Waals surface area contributed by atoms with Gasteiger partial charge in [-0.15, -0.1) is 0 Å². The molecule has 1 heterocycles. The third-order valence-electron chi connectivity index (χ3n) is 2.62. The Kier molecular flexibility index (Phi) is 4.74. The van der Waals surface area contributed by atoms with E-state index in [-0.39, 0.29) is 12.5 Å². The standard InChI is InChI=1S/C12H21N3O4/c1-12(2,3)19-11(18)15-6-4-5-8(15)10(17)14-7-9(13)16/h8H,4-7H2,1-3H3,(H2,13,16)(H,14,17). The molecule has 0 radical (unpaired) electrons. The zero-order chi connectivity index (χ0) is 14.6. The molecule has 0 aromatic heterocycles. The zero-order valence-electron chi connectivity index (χ0n) is 11.6. The fourth-order valence-corrected chi connectivity index (χ4v) is 1.87. The van der Waals surface area contributed by atoms with Crippen LogP contribution in [-0.2, 0) is 14.3 Å². The summed E-state index contributed by atoms with van der Waals surface area (Å²) in [4.78, 5) is 35.8. The molecule has 0 aromatic carbocycles. The average molecular weight is 271 g/mol. The van der Waals surface area contributed by atoms with Crippen LogP contribution in [0.25, 0.3) is 0 Å². The van der Waals surface area contributed by atoms with Crippen LogP contribution in [0.3, 0.4) is 0 Å². The molecule has 1 atom stereocenters. The maximum atomic E-state index is 11.9. The molecule has 1 saturated heterocycles. The first-order valence-electron chi connectivity index (χ1n) is 6.26. The van der Waals surface area contributed by atoms with Crippen molar-refractivity contribution in [2.45, 2.75) is 45.3 Å². The van der Waals surface area contributed by atoms with Gasteiger partial charge in [0.05, 0.1) is 6.54 Å². The van der Waals surface area contributed by atoms with Gasteiger partial charge in [-0.25, -0.2) is 4.79 Å². The molecule has 1 unspecified atom stereocenters. The lowest BCUT2D eigenvalue weighted by molar-refractivity contribution is -0.128. The molecule has 3 amide bonds. The van der Waals surface area contributed by atoms with Gasteiger partial charge in [-0.2, -0.15) is 0 Å². The summed E-state index contributed by atoms with van der Waals surface area (Å²) in [6.07, 6.45) is 0.779. The van der Waals surface area contributed by atoms with Gasteiger partial charge >= 0.3 is 6.09 Å². The van der Waals surface area contributed by atoms with Crippen molar-refractivity contribution >= 4 is 17.9 Å². The zero-order valence-corrected chi connectivity index (χ0v) is 11.6. The second kappa shape index (κ2) is 5.90. The van der Waals surface area contributed by atoms with Crippen LogP contribution in [0.2, 0.25) is 0 Å². The summed E-state index contributed by atoms with van der Waals surface area (Å²) < 4.78 is 5.24. The molecular weight excluding hydrogens is 250 g/mol. The van der Waals surface area contributed by atoms with E-state index in [0.29, 0.717) is 13.0 Å². The van der Waals surface area contributed by atoms with E-state index in [1.54, 1.807) is 20.8 Å². The molecule has 0 aromatic rings.